The third kappa shape index (κ3) is 3.30. The SMILES string of the molecule is CCC1CCCCN1C(=O)Nc1nc(-c2ccccc2)cs1. The van der Waals surface area contributed by atoms with Crippen molar-refractivity contribution in [3.8, 4) is 11.3 Å². The smallest absolute Gasteiger partial charge is 0.322 e. The molecule has 1 N–H and O–H groups in total. The first-order valence-corrected chi connectivity index (χ1v) is 8.74. The molecular formula is C17H21N3OS. The van der Waals surface area contributed by atoms with E-state index in [0.29, 0.717) is 11.2 Å². The monoisotopic (exact) mass is 315 g/mol. The normalized spacial score (nSPS) is 18.2. The first kappa shape index (κ1) is 15.0. The van der Waals surface area contributed by atoms with Gasteiger partial charge in [0.2, 0.25) is 0 Å². The van der Waals surface area contributed by atoms with Gasteiger partial charge >= 0.3 is 6.03 Å². The number of carbonyl (C=O) groups is 1. The van der Waals surface area contributed by atoms with Gasteiger partial charge in [0.1, 0.15) is 0 Å². The number of likely N-dealkylation sites (tertiary alicyclic amines) is 1. The van der Waals surface area contributed by atoms with Gasteiger partial charge in [0, 0.05) is 23.5 Å². The molecule has 1 aromatic heterocycles. The Morgan fingerprint density at radius 2 is 2.18 bits per heavy atom. The number of urea groups is 1. The van der Waals surface area contributed by atoms with Crippen molar-refractivity contribution in [2.45, 2.75) is 38.6 Å². The zero-order valence-corrected chi connectivity index (χ0v) is 13.6. The van der Waals surface area contributed by atoms with Gasteiger partial charge in [-0.3, -0.25) is 5.32 Å². The number of hydrogen-bond donors (Lipinski definition) is 1. The average Bonchev–Trinajstić information content (AvgIpc) is 3.04. The van der Waals surface area contributed by atoms with E-state index >= 15 is 0 Å². The second-order valence-electron chi connectivity index (χ2n) is 5.59. The van der Waals surface area contributed by atoms with Crippen molar-refractivity contribution in [1.82, 2.24) is 9.88 Å². The van der Waals surface area contributed by atoms with Gasteiger partial charge in [0.15, 0.2) is 5.13 Å². The molecule has 2 amide bonds. The molecule has 1 aliphatic rings. The molecule has 2 heterocycles. The summed E-state index contributed by atoms with van der Waals surface area (Å²) >= 11 is 1.48. The molecule has 2 aromatic rings. The van der Waals surface area contributed by atoms with E-state index in [2.05, 4.69) is 17.2 Å². The largest absolute Gasteiger partial charge is 0.323 e. The van der Waals surface area contributed by atoms with Gasteiger partial charge < -0.3 is 4.90 Å². The Kier molecular flexibility index (Phi) is 4.73. The quantitative estimate of drug-likeness (QED) is 0.899. The summed E-state index contributed by atoms with van der Waals surface area (Å²) < 4.78 is 0. The maximum atomic E-state index is 12.5. The standard InChI is InChI=1S/C17H21N3OS/c1-2-14-10-6-7-11-20(14)17(21)19-16-18-15(12-22-16)13-8-4-3-5-9-13/h3-5,8-9,12,14H,2,6-7,10-11H2,1H3,(H,18,19,21). The van der Waals surface area contributed by atoms with Gasteiger partial charge in [-0.05, 0) is 25.7 Å². The number of benzene rings is 1. The summed E-state index contributed by atoms with van der Waals surface area (Å²) in [4.78, 5) is 19.0. The molecule has 1 fully saturated rings. The van der Waals surface area contributed by atoms with Crippen LogP contribution in [0.3, 0.4) is 0 Å². The molecule has 0 bridgehead atoms. The van der Waals surface area contributed by atoms with Crippen molar-refractivity contribution in [3.05, 3.63) is 35.7 Å². The summed E-state index contributed by atoms with van der Waals surface area (Å²) in [7, 11) is 0. The van der Waals surface area contributed by atoms with Crippen molar-refractivity contribution in [1.29, 1.82) is 0 Å². The summed E-state index contributed by atoms with van der Waals surface area (Å²) in [6, 6.07) is 10.4. The highest BCUT2D eigenvalue weighted by atomic mass is 32.1. The van der Waals surface area contributed by atoms with Crippen LogP contribution in [0.4, 0.5) is 9.93 Å². The van der Waals surface area contributed by atoms with E-state index < -0.39 is 0 Å². The number of rotatable bonds is 3. The molecule has 1 aliphatic heterocycles. The van der Waals surface area contributed by atoms with Crippen molar-refractivity contribution >= 4 is 22.5 Å². The van der Waals surface area contributed by atoms with Crippen LogP contribution in [-0.4, -0.2) is 28.5 Å². The summed E-state index contributed by atoms with van der Waals surface area (Å²) in [6.45, 7) is 2.99. The van der Waals surface area contributed by atoms with Crippen LogP contribution in [0.25, 0.3) is 11.3 Å². The van der Waals surface area contributed by atoms with Gasteiger partial charge in [-0.25, -0.2) is 9.78 Å². The highest BCUT2D eigenvalue weighted by molar-refractivity contribution is 7.14. The van der Waals surface area contributed by atoms with E-state index in [-0.39, 0.29) is 6.03 Å². The minimum atomic E-state index is -0.0134. The minimum Gasteiger partial charge on any atom is -0.322 e. The number of anilines is 1. The Hall–Kier alpha value is -1.88. The molecule has 1 atom stereocenters. The van der Waals surface area contributed by atoms with Crippen LogP contribution < -0.4 is 5.32 Å². The number of carbonyl (C=O) groups excluding carboxylic acids is 1. The highest BCUT2D eigenvalue weighted by Crippen LogP contribution is 2.26. The molecule has 22 heavy (non-hydrogen) atoms. The molecule has 3 rings (SSSR count). The Labute approximate surface area is 135 Å². The Morgan fingerprint density at radius 1 is 1.36 bits per heavy atom. The van der Waals surface area contributed by atoms with Crippen LogP contribution in [0, 0.1) is 0 Å². The lowest BCUT2D eigenvalue weighted by atomic mass is 10.0. The maximum absolute atomic E-state index is 12.5. The van der Waals surface area contributed by atoms with Crippen LogP contribution >= 0.6 is 11.3 Å². The van der Waals surface area contributed by atoms with Crippen LogP contribution in [-0.2, 0) is 0 Å². The topological polar surface area (TPSA) is 45.2 Å². The fourth-order valence-electron chi connectivity index (χ4n) is 2.93. The predicted molar refractivity (Wildman–Crippen MR) is 91.2 cm³/mol. The summed E-state index contributed by atoms with van der Waals surface area (Å²) in [5.41, 5.74) is 1.98. The molecule has 4 nitrogen and oxygen atoms in total. The molecule has 0 radical (unpaired) electrons. The molecule has 0 saturated carbocycles. The van der Waals surface area contributed by atoms with Gasteiger partial charge in [-0.15, -0.1) is 11.3 Å². The Morgan fingerprint density at radius 3 is 2.95 bits per heavy atom. The molecule has 1 unspecified atom stereocenters. The lowest BCUT2D eigenvalue weighted by Gasteiger charge is -2.34. The van der Waals surface area contributed by atoms with E-state index in [4.69, 9.17) is 0 Å². The number of nitrogens with zero attached hydrogens (tertiary/aromatic N) is 2. The first-order valence-electron chi connectivity index (χ1n) is 7.86. The van der Waals surface area contributed by atoms with Crippen LogP contribution in [0.15, 0.2) is 35.7 Å². The van der Waals surface area contributed by atoms with Gasteiger partial charge in [-0.1, -0.05) is 37.3 Å². The van der Waals surface area contributed by atoms with Crippen molar-refractivity contribution in [2.75, 3.05) is 11.9 Å². The fraction of sp³-hybridized carbons (Fsp3) is 0.412. The van der Waals surface area contributed by atoms with Crippen LogP contribution in [0.1, 0.15) is 32.6 Å². The number of piperidine rings is 1. The van der Waals surface area contributed by atoms with Crippen molar-refractivity contribution < 1.29 is 4.79 Å². The van der Waals surface area contributed by atoms with Gasteiger partial charge in [0.25, 0.3) is 0 Å². The maximum Gasteiger partial charge on any atom is 0.323 e. The van der Waals surface area contributed by atoms with E-state index in [1.807, 2.05) is 40.6 Å². The second-order valence-corrected chi connectivity index (χ2v) is 6.44. The van der Waals surface area contributed by atoms with E-state index in [0.717, 1.165) is 37.1 Å². The Bertz CT molecular complexity index is 626. The van der Waals surface area contributed by atoms with Crippen molar-refractivity contribution in [3.63, 3.8) is 0 Å². The number of nitrogens with one attached hydrogen (secondary N) is 1. The van der Waals surface area contributed by atoms with Crippen LogP contribution in [0.5, 0.6) is 0 Å². The zero-order valence-electron chi connectivity index (χ0n) is 12.8. The predicted octanol–water partition coefficient (Wildman–Crippen LogP) is 4.61. The second kappa shape index (κ2) is 6.92. The number of amides is 2. The molecule has 0 aliphatic carbocycles. The average molecular weight is 315 g/mol. The van der Waals surface area contributed by atoms with Crippen molar-refractivity contribution in [2.24, 2.45) is 0 Å². The van der Waals surface area contributed by atoms with E-state index in [9.17, 15) is 4.79 Å². The number of aromatic nitrogens is 1. The van der Waals surface area contributed by atoms with Crippen LogP contribution in [0.2, 0.25) is 0 Å². The lowest BCUT2D eigenvalue weighted by Crippen LogP contribution is -2.45. The lowest BCUT2D eigenvalue weighted by molar-refractivity contribution is 0.160. The van der Waals surface area contributed by atoms with Gasteiger partial charge in [-0.2, -0.15) is 0 Å². The Balaban J connectivity index is 1.68. The zero-order chi connectivity index (χ0) is 15.4. The highest BCUT2D eigenvalue weighted by Gasteiger charge is 2.25. The molecule has 5 heteroatoms. The van der Waals surface area contributed by atoms with E-state index in [1.54, 1.807) is 0 Å². The van der Waals surface area contributed by atoms with Gasteiger partial charge in [0.05, 0.1) is 5.69 Å². The molecule has 116 valence electrons. The molecule has 1 saturated heterocycles. The first-order chi connectivity index (χ1) is 10.8. The molecule has 0 spiro atoms. The fourth-order valence-corrected chi connectivity index (χ4v) is 3.64. The third-order valence-electron chi connectivity index (χ3n) is 4.15. The number of thiazole rings is 1. The third-order valence-corrected chi connectivity index (χ3v) is 4.90. The summed E-state index contributed by atoms with van der Waals surface area (Å²) in [5.74, 6) is 0. The molecule has 1 aromatic carbocycles. The summed E-state index contributed by atoms with van der Waals surface area (Å²) in [6.07, 6.45) is 4.44. The van der Waals surface area contributed by atoms with E-state index in [1.165, 1.54) is 17.8 Å². The summed E-state index contributed by atoms with van der Waals surface area (Å²) in [5, 5.41) is 5.62. The minimum absolute atomic E-state index is 0.0134. The number of hydrogen-bond acceptors (Lipinski definition) is 3. The molecular weight excluding hydrogens is 294 g/mol.